The van der Waals surface area contributed by atoms with Crippen LogP contribution in [0.15, 0.2) is 37.1 Å². The molecule has 0 amide bonds. The number of aryl methyl sites for hydroxylation is 3. The van der Waals surface area contributed by atoms with Gasteiger partial charge in [0.05, 0.1) is 24.0 Å². The standard InChI is InChI=1S/C21H22N6S/c1-3-27-13-23-11-15(27)12-26(2)20-18-16-7-4-8-17(16)28-21(18)25-19(24-20)14-6-5-9-22-10-14/h5-6,9-11,13H,3-4,7-8,12H2,1-2H3. The summed E-state index contributed by atoms with van der Waals surface area (Å²) in [5, 5.41) is 1.23. The highest BCUT2D eigenvalue weighted by Gasteiger charge is 2.24. The van der Waals surface area contributed by atoms with Gasteiger partial charge in [-0.2, -0.15) is 0 Å². The maximum Gasteiger partial charge on any atom is 0.164 e. The Labute approximate surface area is 167 Å². The summed E-state index contributed by atoms with van der Waals surface area (Å²) in [7, 11) is 2.11. The maximum atomic E-state index is 5.01. The molecular weight excluding hydrogens is 368 g/mol. The Balaban J connectivity index is 1.65. The Bertz CT molecular complexity index is 1130. The number of pyridine rings is 1. The highest BCUT2D eigenvalue weighted by molar-refractivity contribution is 7.19. The zero-order valence-corrected chi connectivity index (χ0v) is 16.9. The first-order chi connectivity index (χ1) is 13.7. The molecule has 0 aliphatic heterocycles. The minimum absolute atomic E-state index is 0.742. The van der Waals surface area contributed by atoms with Gasteiger partial charge in [0.25, 0.3) is 0 Å². The summed E-state index contributed by atoms with van der Waals surface area (Å²) < 4.78 is 2.18. The lowest BCUT2D eigenvalue weighted by molar-refractivity contribution is 0.698. The number of nitrogens with zero attached hydrogens (tertiary/aromatic N) is 6. The fourth-order valence-electron chi connectivity index (χ4n) is 3.96. The molecule has 0 saturated carbocycles. The summed E-state index contributed by atoms with van der Waals surface area (Å²) in [5.74, 6) is 1.75. The van der Waals surface area contributed by atoms with Gasteiger partial charge in [-0.25, -0.2) is 15.0 Å². The highest BCUT2D eigenvalue weighted by atomic mass is 32.1. The molecule has 0 saturated heterocycles. The highest BCUT2D eigenvalue weighted by Crippen LogP contribution is 2.41. The predicted octanol–water partition coefficient (Wildman–Crippen LogP) is 4.09. The first kappa shape index (κ1) is 17.3. The number of imidazole rings is 1. The van der Waals surface area contributed by atoms with Gasteiger partial charge in [-0.15, -0.1) is 11.3 Å². The number of anilines is 1. The molecule has 0 aromatic carbocycles. The lowest BCUT2D eigenvalue weighted by Gasteiger charge is -2.21. The van der Waals surface area contributed by atoms with Crippen molar-refractivity contribution < 1.29 is 0 Å². The summed E-state index contributed by atoms with van der Waals surface area (Å²) in [6.07, 6.45) is 11.0. The van der Waals surface area contributed by atoms with Crippen molar-refractivity contribution in [1.29, 1.82) is 0 Å². The topological polar surface area (TPSA) is 59.7 Å². The number of fused-ring (bicyclic) bond motifs is 3. The van der Waals surface area contributed by atoms with Crippen LogP contribution >= 0.6 is 11.3 Å². The maximum absolute atomic E-state index is 5.01. The van der Waals surface area contributed by atoms with Crippen LogP contribution in [0.5, 0.6) is 0 Å². The number of hydrogen-bond donors (Lipinski definition) is 0. The number of thiophene rings is 1. The molecule has 28 heavy (non-hydrogen) atoms. The molecule has 0 fully saturated rings. The van der Waals surface area contributed by atoms with Crippen LogP contribution in [0, 0.1) is 0 Å². The van der Waals surface area contributed by atoms with E-state index in [0.717, 1.165) is 48.0 Å². The van der Waals surface area contributed by atoms with E-state index >= 15 is 0 Å². The molecular formula is C21H22N6S. The van der Waals surface area contributed by atoms with E-state index in [1.54, 1.807) is 6.20 Å². The molecule has 4 aromatic heterocycles. The van der Waals surface area contributed by atoms with Gasteiger partial charge in [0.1, 0.15) is 10.6 Å². The van der Waals surface area contributed by atoms with Crippen LogP contribution in [0.2, 0.25) is 0 Å². The minimum atomic E-state index is 0.742. The van der Waals surface area contributed by atoms with E-state index in [-0.39, 0.29) is 0 Å². The average molecular weight is 391 g/mol. The van der Waals surface area contributed by atoms with E-state index in [9.17, 15) is 0 Å². The molecule has 1 aliphatic rings. The fourth-order valence-corrected chi connectivity index (χ4v) is 5.22. The normalized spacial score (nSPS) is 13.2. The van der Waals surface area contributed by atoms with Gasteiger partial charge >= 0.3 is 0 Å². The van der Waals surface area contributed by atoms with Crippen molar-refractivity contribution in [3.8, 4) is 11.4 Å². The second-order valence-electron chi connectivity index (χ2n) is 7.18. The molecule has 0 bridgehead atoms. The van der Waals surface area contributed by atoms with E-state index in [1.165, 1.54) is 27.9 Å². The van der Waals surface area contributed by atoms with Crippen molar-refractivity contribution in [2.45, 2.75) is 39.3 Å². The molecule has 0 radical (unpaired) electrons. The molecule has 0 unspecified atom stereocenters. The molecule has 4 aromatic rings. The molecule has 0 spiro atoms. The van der Waals surface area contributed by atoms with Crippen LogP contribution in [0.1, 0.15) is 29.5 Å². The second kappa shape index (κ2) is 6.98. The Morgan fingerprint density at radius 1 is 1.18 bits per heavy atom. The second-order valence-corrected chi connectivity index (χ2v) is 8.26. The van der Waals surface area contributed by atoms with Crippen LogP contribution in [-0.2, 0) is 25.9 Å². The number of hydrogen-bond acceptors (Lipinski definition) is 6. The summed E-state index contributed by atoms with van der Waals surface area (Å²) in [6.45, 7) is 3.81. The lowest BCUT2D eigenvalue weighted by Crippen LogP contribution is -2.20. The molecule has 142 valence electrons. The van der Waals surface area contributed by atoms with Crippen LogP contribution in [0.3, 0.4) is 0 Å². The third-order valence-corrected chi connectivity index (χ3v) is 6.55. The number of aromatic nitrogens is 5. The van der Waals surface area contributed by atoms with Gasteiger partial charge in [0.15, 0.2) is 5.82 Å². The van der Waals surface area contributed by atoms with E-state index in [0.29, 0.717) is 0 Å². The Morgan fingerprint density at radius 2 is 2.11 bits per heavy atom. The van der Waals surface area contributed by atoms with E-state index in [2.05, 4.69) is 33.4 Å². The van der Waals surface area contributed by atoms with Crippen molar-refractivity contribution in [3.05, 3.63) is 53.2 Å². The van der Waals surface area contributed by atoms with Crippen LogP contribution in [0.4, 0.5) is 5.82 Å². The molecule has 0 N–H and O–H groups in total. The fraction of sp³-hybridized carbons (Fsp3) is 0.333. The Kier molecular flexibility index (Phi) is 4.31. The van der Waals surface area contributed by atoms with Crippen molar-refractivity contribution >= 4 is 27.4 Å². The zero-order valence-electron chi connectivity index (χ0n) is 16.1. The lowest BCUT2D eigenvalue weighted by atomic mass is 10.1. The van der Waals surface area contributed by atoms with Crippen molar-refractivity contribution in [2.75, 3.05) is 11.9 Å². The van der Waals surface area contributed by atoms with Gasteiger partial charge in [-0.3, -0.25) is 4.98 Å². The summed E-state index contributed by atoms with van der Waals surface area (Å²) >= 11 is 1.83. The summed E-state index contributed by atoms with van der Waals surface area (Å²) in [6, 6.07) is 3.95. The van der Waals surface area contributed by atoms with Crippen LogP contribution < -0.4 is 4.90 Å². The molecule has 1 aliphatic carbocycles. The van der Waals surface area contributed by atoms with Gasteiger partial charge < -0.3 is 9.47 Å². The minimum Gasteiger partial charge on any atom is -0.353 e. The summed E-state index contributed by atoms with van der Waals surface area (Å²) in [4.78, 5) is 23.3. The first-order valence-corrected chi connectivity index (χ1v) is 10.5. The van der Waals surface area contributed by atoms with Crippen molar-refractivity contribution in [3.63, 3.8) is 0 Å². The quantitative estimate of drug-likeness (QED) is 0.514. The van der Waals surface area contributed by atoms with Crippen molar-refractivity contribution in [2.24, 2.45) is 0 Å². The Hall–Kier alpha value is -2.80. The molecule has 0 atom stereocenters. The van der Waals surface area contributed by atoms with Crippen LogP contribution in [0.25, 0.3) is 21.6 Å². The van der Waals surface area contributed by atoms with Crippen molar-refractivity contribution in [1.82, 2.24) is 24.5 Å². The van der Waals surface area contributed by atoms with E-state index in [1.807, 2.05) is 42.2 Å². The van der Waals surface area contributed by atoms with E-state index < -0.39 is 0 Å². The van der Waals surface area contributed by atoms with Gasteiger partial charge in [0.2, 0.25) is 0 Å². The first-order valence-electron chi connectivity index (χ1n) is 9.67. The molecule has 5 rings (SSSR count). The van der Waals surface area contributed by atoms with Gasteiger partial charge in [0, 0.05) is 42.6 Å². The third-order valence-electron chi connectivity index (χ3n) is 5.37. The largest absolute Gasteiger partial charge is 0.353 e. The predicted molar refractivity (Wildman–Crippen MR) is 113 cm³/mol. The SMILES string of the molecule is CCn1cncc1CN(C)c1nc(-c2cccnc2)nc2sc3c(c12)CCC3. The average Bonchev–Trinajstić information content (AvgIpc) is 3.43. The number of rotatable bonds is 5. The van der Waals surface area contributed by atoms with Gasteiger partial charge in [-0.05, 0) is 43.9 Å². The molecule has 7 heteroatoms. The smallest absolute Gasteiger partial charge is 0.164 e. The molecule has 4 heterocycles. The third kappa shape index (κ3) is 2.86. The monoisotopic (exact) mass is 390 g/mol. The van der Waals surface area contributed by atoms with Crippen LogP contribution in [-0.4, -0.2) is 31.6 Å². The summed E-state index contributed by atoms with van der Waals surface area (Å²) in [5.41, 5.74) is 3.58. The Morgan fingerprint density at radius 3 is 2.93 bits per heavy atom. The van der Waals surface area contributed by atoms with E-state index in [4.69, 9.17) is 9.97 Å². The zero-order chi connectivity index (χ0) is 19.1. The van der Waals surface area contributed by atoms with Gasteiger partial charge in [-0.1, -0.05) is 0 Å². The molecule has 6 nitrogen and oxygen atoms in total.